The molecule has 2 fully saturated rings. The summed E-state index contributed by atoms with van der Waals surface area (Å²) < 4.78 is 1.11. The predicted octanol–water partition coefficient (Wildman–Crippen LogP) is 5.46. The molecule has 0 saturated heterocycles. The van der Waals surface area contributed by atoms with Crippen molar-refractivity contribution in [2.45, 2.75) is 38.2 Å². The van der Waals surface area contributed by atoms with Gasteiger partial charge in [0.05, 0.1) is 6.10 Å². The Hall–Kier alpha value is -0.860. The lowest BCUT2D eigenvalue weighted by atomic mass is 9.83. The van der Waals surface area contributed by atoms with Gasteiger partial charge >= 0.3 is 0 Å². The van der Waals surface area contributed by atoms with E-state index in [-0.39, 0.29) is 6.10 Å². The highest BCUT2D eigenvalue weighted by Crippen LogP contribution is 2.51. The van der Waals surface area contributed by atoms with Crippen molar-refractivity contribution in [3.63, 3.8) is 0 Å². The van der Waals surface area contributed by atoms with E-state index < -0.39 is 0 Å². The smallest absolute Gasteiger partial charge is 0.0798 e. The number of aliphatic hydroxyl groups is 1. The number of aliphatic hydroxyl groups excluding tert-OH is 1. The first-order valence-corrected chi connectivity index (χ1v) is 8.87. The lowest BCUT2D eigenvalue weighted by Crippen LogP contribution is -2.14. The maximum atomic E-state index is 10.8. The molecule has 0 radical (unpaired) electrons. The maximum Gasteiger partial charge on any atom is 0.0798 e. The fourth-order valence-corrected chi connectivity index (χ4v) is 5.13. The molecule has 0 amide bonds. The molecule has 0 spiro atoms. The van der Waals surface area contributed by atoms with Gasteiger partial charge in [-0.3, -0.25) is 0 Å². The van der Waals surface area contributed by atoms with Crippen LogP contribution in [0.3, 0.4) is 0 Å². The fourth-order valence-electron chi connectivity index (χ4n) is 4.66. The predicted molar refractivity (Wildman–Crippen MR) is 90.2 cm³/mol. The van der Waals surface area contributed by atoms with Crippen molar-refractivity contribution >= 4 is 26.7 Å². The van der Waals surface area contributed by atoms with Crippen molar-refractivity contribution < 1.29 is 5.11 Å². The zero-order valence-electron chi connectivity index (χ0n) is 12.1. The highest BCUT2D eigenvalue weighted by molar-refractivity contribution is 9.10. The summed E-state index contributed by atoms with van der Waals surface area (Å²) in [7, 11) is 0. The van der Waals surface area contributed by atoms with Gasteiger partial charge in [-0.05, 0) is 65.8 Å². The SMILES string of the molecule is OC(CC1CC2CCC1C2)c1ccc(Br)c2ccccc12. The Balaban J connectivity index is 1.62. The Bertz CT molecular complexity index is 666. The number of benzene rings is 2. The van der Waals surface area contributed by atoms with Crippen LogP contribution in [0.1, 0.15) is 43.8 Å². The molecule has 2 aromatic carbocycles. The number of hydrogen-bond acceptors (Lipinski definition) is 1. The molecule has 1 N–H and O–H groups in total. The summed E-state index contributed by atoms with van der Waals surface area (Å²) in [6, 6.07) is 12.5. The highest BCUT2D eigenvalue weighted by atomic mass is 79.9. The molecule has 2 aromatic rings. The molecule has 0 aromatic heterocycles. The van der Waals surface area contributed by atoms with Crippen molar-refractivity contribution in [1.82, 2.24) is 0 Å². The molecule has 0 heterocycles. The van der Waals surface area contributed by atoms with E-state index in [1.807, 2.05) is 0 Å². The van der Waals surface area contributed by atoms with Crippen molar-refractivity contribution in [1.29, 1.82) is 0 Å². The monoisotopic (exact) mass is 344 g/mol. The molecule has 2 heteroatoms. The zero-order valence-corrected chi connectivity index (χ0v) is 13.7. The molecule has 0 aliphatic heterocycles. The van der Waals surface area contributed by atoms with Crippen molar-refractivity contribution in [3.05, 3.63) is 46.4 Å². The summed E-state index contributed by atoms with van der Waals surface area (Å²) in [6.07, 6.45) is 6.19. The summed E-state index contributed by atoms with van der Waals surface area (Å²) in [5.41, 5.74) is 1.09. The van der Waals surface area contributed by atoms with Gasteiger partial charge in [0.15, 0.2) is 0 Å². The lowest BCUT2D eigenvalue weighted by molar-refractivity contribution is 0.127. The van der Waals surface area contributed by atoms with Gasteiger partial charge in [0, 0.05) is 4.47 Å². The van der Waals surface area contributed by atoms with Crippen LogP contribution in [0.5, 0.6) is 0 Å². The summed E-state index contributed by atoms with van der Waals surface area (Å²) in [4.78, 5) is 0. The van der Waals surface area contributed by atoms with Crippen LogP contribution in [-0.4, -0.2) is 5.11 Å². The van der Waals surface area contributed by atoms with Crippen LogP contribution in [0.4, 0.5) is 0 Å². The van der Waals surface area contributed by atoms with Gasteiger partial charge in [0.1, 0.15) is 0 Å². The molecule has 2 aliphatic carbocycles. The molecule has 2 saturated carbocycles. The third-order valence-corrected chi connectivity index (χ3v) is 6.37. The molecular formula is C19H21BrO. The average molecular weight is 345 g/mol. The van der Waals surface area contributed by atoms with E-state index >= 15 is 0 Å². The van der Waals surface area contributed by atoms with Gasteiger partial charge in [-0.15, -0.1) is 0 Å². The van der Waals surface area contributed by atoms with Crippen LogP contribution in [0.15, 0.2) is 40.9 Å². The Morgan fingerprint density at radius 2 is 1.86 bits per heavy atom. The van der Waals surface area contributed by atoms with Crippen molar-refractivity contribution in [2.24, 2.45) is 17.8 Å². The summed E-state index contributed by atoms with van der Waals surface area (Å²) in [5, 5.41) is 13.2. The Kier molecular flexibility index (Phi) is 3.55. The molecule has 4 atom stereocenters. The fraction of sp³-hybridized carbons (Fsp3) is 0.474. The molecular weight excluding hydrogens is 324 g/mol. The summed E-state index contributed by atoms with van der Waals surface area (Å²) in [6.45, 7) is 0. The first-order chi connectivity index (χ1) is 10.2. The normalized spacial score (nSPS) is 29.1. The standard InChI is InChI=1S/C19H21BrO/c20-18-8-7-17(15-3-1-2-4-16(15)18)19(21)11-14-10-12-5-6-13(14)9-12/h1-4,7-8,12-14,19,21H,5-6,9-11H2. The van der Waals surface area contributed by atoms with Crippen LogP contribution >= 0.6 is 15.9 Å². The van der Waals surface area contributed by atoms with E-state index in [1.54, 1.807) is 0 Å². The summed E-state index contributed by atoms with van der Waals surface area (Å²) >= 11 is 3.61. The minimum Gasteiger partial charge on any atom is -0.388 e. The largest absolute Gasteiger partial charge is 0.388 e. The number of fused-ring (bicyclic) bond motifs is 3. The minimum absolute atomic E-state index is 0.327. The molecule has 21 heavy (non-hydrogen) atoms. The number of hydrogen-bond donors (Lipinski definition) is 1. The molecule has 4 rings (SSSR count). The second kappa shape index (κ2) is 5.40. The average Bonchev–Trinajstić information content (AvgIpc) is 3.10. The zero-order chi connectivity index (χ0) is 14.4. The van der Waals surface area contributed by atoms with E-state index in [1.165, 1.54) is 36.5 Å². The molecule has 1 nitrogen and oxygen atoms in total. The molecule has 4 unspecified atom stereocenters. The third kappa shape index (κ3) is 2.43. The van der Waals surface area contributed by atoms with Crippen molar-refractivity contribution in [2.75, 3.05) is 0 Å². The van der Waals surface area contributed by atoms with Crippen LogP contribution < -0.4 is 0 Å². The highest BCUT2D eigenvalue weighted by Gasteiger charge is 2.40. The van der Waals surface area contributed by atoms with Gasteiger partial charge in [-0.2, -0.15) is 0 Å². The van der Waals surface area contributed by atoms with Gasteiger partial charge in [0.25, 0.3) is 0 Å². The minimum atomic E-state index is -0.327. The number of rotatable bonds is 3. The molecule has 2 bridgehead atoms. The first-order valence-electron chi connectivity index (χ1n) is 8.07. The second-order valence-electron chi connectivity index (χ2n) is 6.87. The quantitative estimate of drug-likeness (QED) is 0.783. The maximum absolute atomic E-state index is 10.8. The lowest BCUT2D eigenvalue weighted by Gasteiger charge is -2.25. The number of halogens is 1. The van der Waals surface area contributed by atoms with E-state index in [0.29, 0.717) is 0 Å². The Morgan fingerprint density at radius 3 is 2.57 bits per heavy atom. The summed E-state index contributed by atoms with van der Waals surface area (Å²) in [5.74, 6) is 2.57. The van der Waals surface area contributed by atoms with E-state index in [4.69, 9.17) is 0 Å². The topological polar surface area (TPSA) is 20.2 Å². The first kappa shape index (κ1) is 13.8. The third-order valence-electron chi connectivity index (χ3n) is 5.67. The van der Waals surface area contributed by atoms with E-state index in [9.17, 15) is 5.11 Å². The van der Waals surface area contributed by atoms with E-state index in [2.05, 4.69) is 52.3 Å². The van der Waals surface area contributed by atoms with Gasteiger partial charge in [0.2, 0.25) is 0 Å². The Morgan fingerprint density at radius 1 is 1.05 bits per heavy atom. The van der Waals surface area contributed by atoms with E-state index in [0.717, 1.165) is 34.2 Å². The molecule has 110 valence electrons. The van der Waals surface area contributed by atoms with Crippen LogP contribution in [0, 0.1) is 17.8 Å². The molecule has 2 aliphatic rings. The van der Waals surface area contributed by atoms with Crippen LogP contribution in [-0.2, 0) is 0 Å². The second-order valence-corrected chi connectivity index (χ2v) is 7.72. The van der Waals surface area contributed by atoms with Gasteiger partial charge in [-0.25, -0.2) is 0 Å². The van der Waals surface area contributed by atoms with Crippen molar-refractivity contribution in [3.8, 4) is 0 Å². The van der Waals surface area contributed by atoms with Crippen LogP contribution in [0.2, 0.25) is 0 Å². The van der Waals surface area contributed by atoms with Crippen LogP contribution in [0.25, 0.3) is 10.8 Å². The Labute approximate surface area is 134 Å². The van der Waals surface area contributed by atoms with Gasteiger partial charge < -0.3 is 5.11 Å². The van der Waals surface area contributed by atoms with Gasteiger partial charge in [-0.1, -0.05) is 52.7 Å².